The lowest BCUT2D eigenvalue weighted by Crippen LogP contribution is -2.35. The third-order valence-electron chi connectivity index (χ3n) is 15.3. The van der Waals surface area contributed by atoms with Crippen molar-refractivity contribution in [3.05, 3.63) is 0 Å². The fourth-order valence-corrected chi connectivity index (χ4v) is 11.3. The van der Waals surface area contributed by atoms with Gasteiger partial charge in [0.15, 0.2) is 0 Å². The van der Waals surface area contributed by atoms with Crippen LogP contribution in [0.25, 0.3) is 0 Å². The molecule has 0 amide bonds. The number of carboxylic acid groups (broad SMARTS) is 1. The molecule has 0 aromatic rings. The summed E-state index contributed by atoms with van der Waals surface area (Å²) in [6, 6.07) is 0. The molecule has 6 nitrogen and oxygen atoms in total. The minimum absolute atomic E-state index is 0.0660. The number of rotatable bonds is 9. The van der Waals surface area contributed by atoms with Crippen molar-refractivity contribution in [3.63, 3.8) is 0 Å². The summed E-state index contributed by atoms with van der Waals surface area (Å²) in [5, 5.41) is 8.81. The van der Waals surface area contributed by atoms with Crippen molar-refractivity contribution in [1.82, 2.24) is 0 Å². The molecule has 0 bridgehead atoms. The SMILES string of the molecule is CCC1(CN)CC2CC2C1.CCC1(CN)CCC2CC21.CCC1(CN)CCCC2CC21.NCC1(CC(=O)O)CCC2CC2C1. The molecule has 11 unspecified atom stereocenters. The second kappa shape index (κ2) is 13.8. The summed E-state index contributed by atoms with van der Waals surface area (Å²) in [7, 11) is 0. The van der Waals surface area contributed by atoms with Crippen LogP contribution >= 0.6 is 0 Å². The van der Waals surface area contributed by atoms with Gasteiger partial charge in [0, 0.05) is 0 Å². The van der Waals surface area contributed by atoms with Gasteiger partial charge in [-0.3, -0.25) is 4.79 Å². The maximum Gasteiger partial charge on any atom is 0.303 e. The summed E-state index contributed by atoms with van der Waals surface area (Å²) in [5.41, 5.74) is 24.8. The third-order valence-corrected chi connectivity index (χ3v) is 15.3. The Morgan fingerprint density at radius 1 is 0.591 bits per heavy atom. The topological polar surface area (TPSA) is 141 Å². The maximum atomic E-state index is 10.7. The number of aliphatic carboxylic acids is 1. The van der Waals surface area contributed by atoms with Crippen LogP contribution in [0.1, 0.15) is 136 Å². The molecule has 44 heavy (non-hydrogen) atoms. The van der Waals surface area contributed by atoms with Crippen LogP contribution in [-0.4, -0.2) is 37.3 Å². The Morgan fingerprint density at radius 3 is 1.45 bits per heavy atom. The second-order valence-corrected chi connectivity index (χ2v) is 17.5. The second-order valence-electron chi connectivity index (χ2n) is 17.5. The van der Waals surface area contributed by atoms with E-state index in [-0.39, 0.29) is 11.8 Å². The van der Waals surface area contributed by atoms with Crippen LogP contribution in [0.4, 0.5) is 0 Å². The zero-order chi connectivity index (χ0) is 31.8. The molecular weight excluding hydrogens is 544 g/mol. The van der Waals surface area contributed by atoms with Crippen molar-refractivity contribution in [2.45, 2.75) is 136 Å². The van der Waals surface area contributed by atoms with E-state index >= 15 is 0 Å². The summed E-state index contributed by atoms with van der Waals surface area (Å²) in [6.45, 7) is 10.2. The fourth-order valence-electron chi connectivity index (χ4n) is 11.3. The van der Waals surface area contributed by atoms with Gasteiger partial charge < -0.3 is 28.0 Å². The molecule has 8 aliphatic rings. The molecule has 6 heteroatoms. The molecule has 0 aromatic carbocycles. The Kier molecular flexibility index (Phi) is 10.9. The first-order valence-corrected chi connectivity index (χ1v) is 19.1. The maximum absolute atomic E-state index is 10.7. The van der Waals surface area contributed by atoms with Crippen molar-refractivity contribution in [1.29, 1.82) is 0 Å². The number of nitrogens with two attached hydrogens (primary N) is 4. The van der Waals surface area contributed by atoms with Gasteiger partial charge in [-0.2, -0.15) is 0 Å². The van der Waals surface area contributed by atoms with Crippen molar-refractivity contribution >= 4 is 5.97 Å². The highest BCUT2D eigenvalue weighted by Crippen LogP contribution is 2.63. The Morgan fingerprint density at radius 2 is 1.09 bits per heavy atom. The van der Waals surface area contributed by atoms with Gasteiger partial charge in [-0.15, -0.1) is 0 Å². The lowest BCUT2D eigenvalue weighted by atomic mass is 9.72. The lowest BCUT2D eigenvalue weighted by Gasteiger charge is -2.35. The van der Waals surface area contributed by atoms with Crippen LogP contribution in [0.5, 0.6) is 0 Å². The largest absolute Gasteiger partial charge is 0.481 e. The number of fused-ring (bicyclic) bond motifs is 4. The number of carbonyl (C=O) groups is 1. The Labute approximate surface area is 270 Å². The van der Waals surface area contributed by atoms with Crippen molar-refractivity contribution in [2.24, 2.45) is 91.9 Å². The van der Waals surface area contributed by atoms with E-state index in [1.165, 1.54) is 96.3 Å². The van der Waals surface area contributed by atoms with Crippen LogP contribution in [0.3, 0.4) is 0 Å². The number of hydrogen-bond acceptors (Lipinski definition) is 5. The monoisotopic (exact) mass is 615 g/mol. The average molecular weight is 615 g/mol. The molecule has 8 fully saturated rings. The zero-order valence-electron chi connectivity index (χ0n) is 28.8. The summed E-state index contributed by atoms with van der Waals surface area (Å²) in [6.07, 6.45) is 23.4. The molecule has 0 saturated heterocycles. The highest BCUT2D eigenvalue weighted by Gasteiger charge is 2.56. The Balaban J connectivity index is 0.000000117. The first-order chi connectivity index (χ1) is 21.1. The molecule has 8 rings (SSSR count). The predicted octanol–water partition coefficient (Wildman–Crippen LogP) is 6.93. The molecule has 0 spiro atoms. The molecular formula is C38H70N4O2. The van der Waals surface area contributed by atoms with Crippen molar-refractivity contribution in [2.75, 3.05) is 26.2 Å². The highest BCUT2D eigenvalue weighted by molar-refractivity contribution is 5.67. The molecule has 11 atom stereocenters. The highest BCUT2D eigenvalue weighted by atomic mass is 16.4. The van der Waals surface area contributed by atoms with Gasteiger partial charge in [0.05, 0.1) is 6.42 Å². The van der Waals surface area contributed by atoms with Gasteiger partial charge in [-0.25, -0.2) is 0 Å². The number of hydrogen-bond donors (Lipinski definition) is 5. The minimum atomic E-state index is -0.690. The lowest BCUT2D eigenvalue weighted by molar-refractivity contribution is -0.140. The molecule has 8 aliphatic carbocycles. The summed E-state index contributed by atoms with van der Waals surface area (Å²) < 4.78 is 0. The van der Waals surface area contributed by atoms with E-state index in [0.717, 1.165) is 79.8 Å². The van der Waals surface area contributed by atoms with Crippen molar-refractivity contribution < 1.29 is 9.90 Å². The quantitative estimate of drug-likeness (QED) is 0.191. The van der Waals surface area contributed by atoms with Crippen molar-refractivity contribution in [3.8, 4) is 0 Å². The first-order valence-electron chi connectivity index (χ1n) is 19.1. The molecule has 0 radical (unpaired) electrons. The van der Waals surface area contributed by atoms with Gasteiger partial charge in [0.2, 0.25) is 0 Å². The summed E-state index contributed by atoms with van der Waals surface area (Å²) in [4.78, 5) is 10.7. The van der Waals surface area contributed by atoms with Gasteiger partial charge in [0.25, 0.3) is 0 Å². The van der Waals surface area contributed by atoms with E-state index in [2.05, 4.69) is 20.8 Å². The molecule has 254 valence electrons. The van der Waals surface area contributed by atoms with Gasteiger partial charge in [-0.1, -0.05) is 33.6 Å². The van der Waals surface area contributed by atoms with Gasteiger partial charge in [-0.05, 0) is 191 Å². The zero-order valence-corrected chi connectivity index (χ0v) is 28.8. The van der Waals surface area contributed by atoms with E-state index in [4.69, 9.17) is 28.0 Å². The van der Waals surface area contributed by atoms with Crippen LogP contribution < -0.4 is 22.9 Å². The van der Waals surface area contributed by atoms with Crippen LogP contribution in [-0.2, 0) is 4.79 Å². The average Bonchev–Trinajstić information content (AvgIpc) is 3.90. The van der Waals surface area contributed by atoms with E-state index < -0.39 is 5.97 Å². The van der Waals surface area contributed by atoms with Gasteiger partial charge >= 0.3 is 5.97 Å². The molecule has 9 N–H and O–H groups in total. The van der Waals surface area contributed by atoms with Crippen LogP contribution in [0.15, 0.2) is 0 Å². The van der Waals surface area contributed by atoms with E-state index in [1.807, 2.05) is 0 Å². The number of carboxylic acids is 1. The molecule has 0 aromatic heterocycles. The van der Waals surface area contributed by atoms with Crippen LogP contribution in [0.2, 0.25) is 0 Å². The summed E-state index contributed by atoms with van der Waals surface area (Å²) in [5.74, 6) is 7.41. The molecule has 8 saturated carbocycles. The first kappa shape index (κ1) is 34.6. The van der Waals surface area contributed by atoms with E-state index in [0.29, 0.717) is 22.8 Å². The minimum Gasteiger partial charge on any atom is -0.481 e. The smallest absolute Gasteiger partial charge is 0.303 e. The van der Waals surface area contributed by atoms with Crippen LogP contribution in [0, 0.1) is 69.0 Å². The van der Waals surface area contributed by atoms with E-state index in [1.54, 1.807) is 0 Å². The third kappa shape index (κ3) is 7.39. The molecule has 0 heterocycles. The normalized spacial score (nSPS) is 47.9. The van der Waals surface area contributed by atoms with Gasteiger partial charge in [0.1, 0.15) is 0 Å². The Bertz CT molecular complexity index is 946. The molecule has 0 aliphatic heterocycles. The van der Waals surface area contributed by atoms with E-state index in [9.17, 15) is 4.79 Å². The predicted molar refractivity (Wildman–Crippen MR) is 182 cm³/mol. The summed E-state index contributed by atoms with van der Waals surface area (Å²) >= 11 is 0. The standard InChI is InChI=1S/C10H17NO2.C10H19N.2C9H17N/c11-6-10(5-9(12)13)2-1-7-3-8(7)4-10;1-2-10(7-11)5-3-4-8-6-9(8)10;1-2-9(6-10)4-7-3-8(7)5-9;1-2-9(6-10)4-3-7-5-8(7)9/h7-8H,1-6,11H2,(H,12,13);8-9H,2-7,11H2,1H3;2*7-8H,2-6,10H2,1H3. The Hall–Kier alpha value is -0.690. The fraction of sp³-hybridized carbons (Fsp3) is 0.974.